The minimum absolute atomic E-state index is 0.338. The summed E-state index contributed by atoms with van der Waals surface area (Å²) in [6.45, 7) is 1.99. The van der Waals surface area contributed by atoms with Crippen LogP contribution in [0.15, 0.2) is 36.5 Å². The zero-order valence-corrected chi connectivity index (χ0v) is 11.8. The van der Waals surface area contributed by atoms with E-state index in [1.165, 1.54) is 23.2 Å². The van der Waals surface area contributed by atoms with Crippen LogP contribution in [-0.2, 0) is 0 Å². The van der Waals surface area contributed by atoms with Gasteiger partial charge < -0.3 is 10.0 Å². The molecular formula is C15H16N2O2S. The Bertz CT molecular complexity index is 589. The van der Waals surface area contributed by atoms with Gasteiger partial charge in [0.2, 0.25) is 0 Å². The second kappa shape index (κ2) is 5.63. The van der Waals surface area contributed by atoms with Crippen molar-refractivity contribution in [3.05, 3.63) is 46.4 Å². The number of aromatic nitrogens is 1. The molecule has 0 aliphatic carbocycles. The zero-order valence-electron chi connectivity index (χ0n) is 11.0. The van der Waals surface area contributed by atoms with Gasteiger partial charge in [-0.05, 0) is 25.0 Å². The van der Waals surface area contributed by atoms with Gasteiger partial charge in [0.1, 0.15) is 4.88 Å². The number of aromatic carboxylic acids is 1. The highest BCUT2D eigenvalue weighted by atomic mass is 32.1. The van der Waals surface area contributed by atoms with Gasteiger partial charge in [-0.25, -0.2) is 9.78 Å². The van der Waals surface area contributed by atoms with Crippen LogP contribution >= 0.6 is 11.3 Å². The summed E-state index contributed by atoms with van der Waals surface area (Å²) in [5.41, 5.74) is 1.26. The Morgan fingerprint density at radius 3 is 2.55 bits per heavy atom. The fraction of sp³-hybridized carbons (Fsp3) is 0.333. The molecule has 3 rings (SSSR count). The van der Waals surface area contributed by atoms with Crippen LogP contribution in [-0.4, -0.2) is 29.1 Å². The van der Waals surface area contributed by atoms with Crippen molar-refractivity contribution >= 4 is 23.0 Å². The van der Waals surface area contributed by atoms with E-state index in [0.29, 0.717) is 10.8 Å². The normalized spacial score (nSPS) is 16.3. The summed E-state index contributed by atoms with van der Waals surface area (Å²) in [5.74, 6) is -0.483. The maximum atomic E-state index is 10.9. The van der Waals surface area contributed by atoms with Crippen molar-refractivity contribution in [2.45, 2.75) is 18.8 Å². The molecule has 0 atom stereocenters. The van der Waals surface area contributed by atoms with E-state index < -0.39 is 5.97 Å². The third-order valence-electron chi connectivity index (χ3n) is 3.70. The lowest BCUT2D eigenvalue weighted by molar-refractivity contribution is 0.0702. The lowest BCUT2D eigenvalue weighted by Crippen LogP contribution is -2.32. The Morgan fingerprint density at radius 2 is 1.95 bits per heavy atom. The predicted molar refractivity (Wildman–Crippen MR) is 79.7 cm³/mol. The average molecular weight is 288 g/mol. The highest BCUT2D eigenvalue weighted by Gasteiger charge is 2.23. The molecule has 1 aromatic heterocycles. The summed E-state index contributed by atoms with van der Waals surface area (Å²) in [6.07, 6.45) is 3.54. The van der Waals surface area contributed by atoms with Gasteiger partial charge >= 0.3 is 5.97 Å². The first-order valence-corrected chi connectivity index (χ1v) is 7.54. The molecule has 0 saturated carbocycles. The number of rotatable bonds is 3. The van der Waals surface area contributed by atoms with Gasteiger partial charge in [-0.2, -0.15) is 0 Å². The lowest BCUT2D eigenvalue weighted by atomic mass is 9.97. The summed E-state index contributed by atoms with van der Waals surface area (Å²) in [4.78, 5) is 17.9. The van der Waals surface area contributed by atoms with Crippen molar-refractivity contribution in [3.8, 4) is 0 Å². The molecule has 5 heteroatoms. The molecule has 2 heterocycles. The fourth-order valence-electron chi connectivity index (χ4n) is 2.60. The van der Waals surface area contributed by atoms with Crippen molar-refractivity contribution in [1.29, 1.82) is 0 Å². The number of piperidine rings is 1. The second-order valence-corrected chi connectivity index (χ2v) is 6.03. The summed E-state index contributed by atoms with van der Waals surface area (Å²) in [6, 6.07) is 10.4. The Kier molecular flexibility index (Phi) is 3.69. The first-order valence-electron chi connectivity index (χ1n) is 6.73. The third kappa shape index (κ3) is 2.67. The standard InChI is InChI=1S/C15H16N2O2S/c18-15(19)13-10-16-14(20-13)11-6-8-17(9-7-11)12-4-2-1-3-5-12/h1-5,10-11H,6-9H2,(H,18,19). The van der Waals surface area contributed by atoms with Crippen LogP contribution in [0.25, 0.3) is 0 Å². The molecular weight excluding hydrogens is 272 g/mol. The van der Waals surface area contributed by atoms with Crippen LogP contribution in [0, 0.1) is 0 Å². The maximum absolute atomic E-state index is 10.9. The van der Waals surface area contributed by atoms with E-state index in [1.54, 1.807) is 0 Å². The molecule has 0 spiro atoms. The molecule has 1 aliphatic rings. The molecule has 2 aromatic rings. The van der Waals surface area contributed by atoms with Crippen LogP contribution in [0.3, 0.4) is 0 Å². The summed E-state index contributed by atoms with van der Waals surface area (Å²) in [7, 11) is 0. The Morgan fingerprint density at radius 1 is 1.25 bits per heavy atom. The van der Waals surface area contributed by atoms with Gasteiger partial charge in [0, 0.05) is 24.7 Å². The molecule has 1 fully saturated rings. The number of hydrogen-bond donors (Lipinski definition) is 1. The maximum Gasteiger partial charge on any atom is 0.347 e. The van der Waals surface area contributed by atoms with Gasteiger partial charge in [0.25, 0.3) is 0 Å². The monoisotopic (exact) mass is 288 g/mol. The van der Waals surface area contributed by atoms with E-state index in [0.717, 1.165) is 30.9 Å². The van der Waals surface area contributed by atoms with Crippen LogP contribution in [0.1, 0.15) is 33.4 Å². The molecule has 0 bridgehead atoms. The number of nitrogens with zero attached hydrogens (tertiary/aromatic N) is 2. The van der Waals surface area contributed by atoms with Gasteiger partial charge in [-0.15, -0.1) is 11.3 Å². The van der Waals surface area contributed by atoms with Crippen molar-refractivity contribution in [1.82, 2.24) is 4.98 Å². The van der Waals surface area contributed by atoms with Crippen LogP contribution in [0.2, 0.25) is 0 Å². The van der Waals surface area contributed by atoms with E-state index in [1.807, 2.05) is 6.07 Å². The van der Waals surface area contributed by atoms with Crippen molar-refractivity contribution in [2.75, 3.05) is 18.0 Å². The predicted octanol–water partition coefficient (Wildman–Crippen LogP) is 3.23. The van der Waals surface area contributed by atoms with Crippen molar-refractivity contribution in [3.63, 3.8) is 0 Å². The minimum atomic E-state index is -0.879. The van der Waals surface area contributed by atoms with Gasteiger partial charge in [0.15, 0.2) is 0 Å². The molecule has 4 nitrogen and oxygen atoms in total. The molecule has 1 aromatic carbocycles. The topological polar surface area (TPSA) is 53.4 Å². The largest absolute Gasteiger partial charge is 0.477 e. The first-order chi connectivity index (χ1) is 9.74. The number of thiazole rings is 1. The van der Waals surface area contributed by atoms with E-state index >= 15 is 0 Å². The Labute approximate surface area is 121 Å². The number of carboxylic acids is 1. The van der Waals surface area contributed by atoms with E-state index in [4.69, 9.17) is 5.11 Å². The number of hydrogen-bond acceptors (Lipinski definition) is 4. The van der Waals surface area contributed by atoms with Gasteiger partial charge in [0.05, 0.1) is 11.2 Å². The summed E-state index contributed by atoms with van der Waals surface area (Å²) in [5, 5.41) is 9.92. The molecule has 0 unspecified atom stereocenters. The summed E-state index contributed by atoms with van der Waals surface area (Å²) < 4.78 is 0. The number of para-hydroxylation sites is 1. The van der Waals surface area contributed by atoms with Gasteiger partial charge in [-0.1, -0.05) is 18.2 Å². The number of benzene rings is 1. The third-order valence-corrected chi connectivity index (χ3v) is 4.85. The Hall–Kier alpha value is -1.88. The molecule has 1 saturated heterocycles. The number of carboxylic acid groups (broad SMARTS) is 1. The second-order valence-electron chi connectivity index (χ2n) is 4.96. The molecule has 20 heavy (non-hydrogen) atoms. The van der Waals surface area contributed by atoms with Crippen molar-refractivity contribution in [2.24, 2.45) is 0 Å². The SMILES string of the molecule is O=C(O)c1cnc(C2CCN(c3ccccc3)CC2)s1. The zero-order chi connectivity index (χ0) is 13.9. The Balaban J connectivity index is 1.65. The summed E-state index contributed by atoms with van der Waals surface area (Å²) >= 11 is 1.32. The van der Waals surface area contributed by atoms with Crippen molar-refractivity contribution < 1.29 is 9.90 Å². The molecule has 1 N–H and O–H groups in total. The van der Waals surface area contributed by atoms with E-state index in [2.05, 4.69) is 34.1 Å². The average Bonchev–Trinajstić information content (AvgIpc) is 2.98. The van der Waals surface area contributed by atoms with E-state index in [-0.39, 0.29) is 0 Å². The first kappa shape index (κ1) is 13.1. The molecule has 0 amide bonds. The number of anilines is 1. The lowest BCUT2D eigenvalue weighted by Gasteiger charge is -2.32. The number of carbonyl (C=O) groups is 1. The van der Waals surface area contributed by atoms with Gasteiger partial charge in [-0.3, -0.25) is 0 Å². The van der Waals surface area contributed by atoms with Crippen LogP contribution in [0.5, 0.6) is 0 Å². The minimum Gasteiger partial charge on any atom is -0.477 e. The van der Waals surface area contributed by atoms with Crippen LogP contribution < -0.4 is 4.90 Å². The highest BCUT2D eigenvalue weighted by Crippen LogP contribution is 2.32. The fourth-order valence-corrected chi connectivity index (χ4v) is 3.52. The molecule has 104 valence electrons. The smallest absolute Gasteiger partial charge is 0.347 e. The highest BCUT2D eigenvalue weighted by molar-refractivity contribution is 7.13. The molecule has 0 radical (unpaired) electrons. The molecule has 1 aliphatic heterocycles. The van der Waals surface area contributed by atoms with Crippen LogP contribution in [0.4, 0.5) is 5.69 Å². The quantitative estimate of drug-likeness (QED) is 0.942. The van der Waals surface area contributed by atoms with E-state index in [9.17, 15) is 4.79 Å².